The molecule has 0 radical (unpaired) electrons. The molecule has 0 aliphatic carbocycles. The highest BCUT2D eigenvalue weighted by molar-refractivity contribution is 8.00. The first-order chi connectivity index (χ1) is 15.6. The Kier molecular flexibility index (Phi) is 9.76. The summed E-state index contributed by atoms with van der Waals surface area (Å²) in [6.07, 6.45) is 0.853. The molecule has 3 aromatic rings. The van der Waals surface area contributed by atoms with Crippen LogP contribution in [0.15, 0.2) is 47.4 Å². The number of halogens is 2. The van der Waals surface area contributed by atoms with Crippen LogP contribution >= 0.6 is 35.5 Å². The van der Waals surface area contributed by atoms with Gasteiger partial charge in [-0.2, -0.15) is 0 Å². The van der Waals surface area contributed by atoms with E-state index in [2.05, 4.69) is 4.90 Å². The molecule has 2 aromatic carbocycles. The maximum atomic E-state index is 13.2. The molecule has 0 N–H and O–H groups in total. The van der Waals surface area contributed by atoms with E-state index in [0.717, 1.165) is 60.1 Å². The molecule has 1 fully saturated rings. The molecule has 4 rings (SSSR count). The number of carbonyl (C=O) groups excluding carboxylic acids is 1. The maximum Gasteiger partial charge on any atom is 0.239 e. The zero-order valence-corrected chi connectivity index (χ0v) is 20.8. The number of nitrogens with zero attached hydrogens (tertiary/aromatic N) is 3. The number of hydrogen-bond acceptors (Lipinski definition) is 7. The maximum absolute atomic E-state index is 13.2. The summed E-state index contributed by atoms with van der Waals surface area (Å²) in [5.74, 6) is 0.745. The van der Waals surface area contributed by atoms with E-state index in [9.17, 15) is 9.18 Å². The topological polar surface area (TPSA) is 54.9 Å². The fourth-order valence-electron chi connectivity index (χ4n) is 3.49. The summed E-state index contributed by atoms with van der Waals surface area (Å²) in [5.41, 5.74) is 0.850. The molecule has 1 aliphatic heterocycles. The Morgan fingerprint density at radius 1 is 1.24 bits per heavy atom. The van der Waals surface area contributed by atoms with Crippen LogP contribution in [0.3, 0.4) is 0 Å². The van der Waals surface area contributed by atoms with Crippen LogP contribution in [0.25, 0.3) is 10.2 Å². The smallest absolute Gasteiger partial charge is 0.239 e. The van der Waals surface area contributed by atoms with Crippen LogP contribution in [0.1, 0.15) is 6.42 Å². The number of thioether (sulfide) groups is 1. The molecule has 178 valence electrons. The second kappa shape index (κ2) is 12.5. The molecule has 6 nitrogen and oxygen atoms in total. The van der Waals surface area contributed by atoms with Gasteiger partial charge in [-0.05, 0) is 48.9 Å². The number of methoxy groups -OCH3 is 1. The molecular weight excluding hydrogens is 485 g/mol. The Morgan fingerprint density at radius 2 is 2.00 bits per heavy atom. The van der Waals surface area contributed by atoms with Gasteiger partial charge in [0, 0.05) is 31.1 Å². The normalized spacial score (nSPS) is 14.1. The molecule has 0 atom stereocenters. The molecule has 0 bridgehead atoms. The van der Waals surface area contributed by atoms with E-state index < -0.39 is 0 Å². The van der Waals surface area contributed by atoms with Crippen molar-refractivity contribution in [1.82, 2.24) is 9.88 Å². The third-order valence-corrected chi connectivity index (χ3v) is 7.29. The van der Waals surface area contributed by atoms with Gasteiger partial charge < -0.3 is 9.47 Å². The standard InChI is InChI=1S/C23H26FN3O3S2.ClH/c1-29-18-5-8-20-21(15-18)32-23(25-20)27(10-2-9-26-11-13-30-14-12-26)22(28)16-31-19-6-3-17(24)4-7-19;/h3-8,15H,2,9-14,16H2,1H3;1H. The van der Waals surface area contributed by atoms with E-state index in [-0.39, 0.29) is 29.9 Å². The number of rotatable bonds is 9. The van der Waals surface area contributed by atoms with E-state index >= 15 is 0 Å². The molecule has 1 aliphatic rings. The zero-order valence-electron chi connectivity index (χ0n) is 18.4. The predicted molar refractivity (Wildman–Crippen MR) is 135 cm³/mol. The summed E-state index contributed by atoms with van der Waals surface area (Å²) in [5, 5.41) is 0.694. The highest BCUT2D eigenvalue weighted by Gasteiger charge is 2.21. The van der Waals surface area contributed by atoms with E-state index in [1.54, 1.807) is 24.1 Å². The number of carbonyl (C=O) groups is 1. The quantitative estimate of drug-likeness (QED) is 0.388. The Balaban J connectivity index is 0.00000306. The van der Waals surface area contributed by atoms with Crippen molar-refractivity contribution in [3.63, 3.8) is 0 Å². The van der Waals surface area contributed by atoms with Gasteiger partial charge in [-0.15, -0.1) is 24.2 Å². The molecule has 33 heavy (non-hydrogen) atoms. The molecular formula is C23H27ClFN3O3S2. The van der Waals surface area contributed by atoms with Gasteiger partial charge in [0.05, 0.1) is 36.3 Å². The first-order valence-corrected chi connectivity index (χ1v) is 12.4. The van der Waals surface area contributed by atoms with Crippen LogP contribution in [0, 0.1) is 5.82 Å². The van der Waals surface area contributed by atoms with Gasteiger partial charge in [0.2, 0.25) is 5.91 Å². The number of fused-ring (bicyclic) bond motifs is 1. The predicted octanol–water partition coefficient (Wildman–Crippen LogP) is 4.71. The number of amides is 1. The van der Waals surface area contributed by atoms with Crippen LogP contribution in [0.2, 0.25) is 0 Å². The van der Waals surface area contributed by atoms with Crippen molar-refractivity contribution in [3.8, 4) is 5.75 Å². The fourth-order valence-corrected chi connectivity index (χ4v) is 5.31. The Hall–Kier alpha value is -1.91. The Morgan fingerprint density at radius 3 is 2.73 bits per heavy atom. The van der Waals surface area contributed by atoms with Crippen LogP contribution in [0.4, 0.5) is 9.52 Å². The van der Waals surface area contributed by atoms with Crippen molar-refractivity contribution in [3.05, 3.63) is 48.3 Å². The lowest BCUT2D eigenvalue weighted by Gasteiger charge is -2.27. The number of thiazole rings is 1. The molecule has 1 aromatic heterocycles. The van der Waals surface area contributed by atoms with Gasteiger partial charge in [0.25, 0.3) is 0 Å². The number of aromatic nitrogens is 1. The monoisotopic (exact) mass is 511 g/mol. The number of morpholine rings is 1. The molecule has 2 heterocycles. The van der Waals surface area contributed by atoms with E-state index in [1.807, 2.05) is 18.2 Å². The van der Waals surface area contributed by atoms with Crippen molar-refractivity contribution in [1.29, 1.82) is 0 Å². The second-order valence-electron chi connectivity index (χ2n) is 7.43. The van der Waals surface area contributed by atoms with Gasteiger partial charge in [-0.1, -0.05) is 11.3 Å². The Labute approximate surface area is 207 Å². The average molecular weight is 512 g/mol. The largest absolute Gasteiger partial charge is 0.497 e. The zero-order chi connectivity index (χ0) is 22.3. The minimum Gasteiger partial charge on any atom is -0.497 e. The second-order valence-corrected chi connectivity index (χ2v) is 9.48. The van der Waals surface area contributed by atoms with E-state index in [4.69, 9.17) is 14.5 Å². The minimum atomic E-state index is -0.282. The summed E-state index contributed by atoms with van der Waals surface area (Å²) < 4.78 is 24.9. The highest BCUT2D eigenvalue weighted by Crippen LogP contribution is 2.32. The van der Waals surface area contributed by atoms with E-state index in [1.165, 1.54) is 35.2 Å². The van der Waals surface area contributed by atoms with Gasteiger partial charge >= 0.3 is 0 Å². The third-order valence-electron chi connectivity index (χ3n) is 5.25. The average Bonchev–Trinajstić information content (AvgIpc) is 3.24. The molecule has 0 unspecified atom stereocenters. The highest BCUT2D eigenvalue weighted by atomic mass is 35.5. The summed E-state index contributed by atoms with van der Waals surface area (Å²) in [6, 6.07) is 11.9. The van der Waals surface area contributed by atoms with Crippen LogP contribution in [-0.2, 0) is 9.53 Å². The number of benzene rings is 2. The summed E-state index contributed by atoms with van der Waals surface area (Å²) in [7, 11) is 1.64. The lowest BCUT2D eigenvalue weighted by molar-refractivity contribution is -0.116. The minimum absolute atomic E-state index is 0. The molecule has 1 amide bonds. The van der Waals surface area contributed by atoms with Crippen molar-refractivity contribution < 1.29 is 18.7 Å². The lowest BCUT2D eigenvalue weighted by atomic mass is 10.3. The molecule has 0 saturated carbocycles. The van der Waals surface area contributed by atoms with Crippen molar-refractivity contribution >= 4 is 56.8 Å². The van der Waals surface area contributed by atoms with Gasteiger partial charge in [0.15, 0.2) is 5.13 Å². The van der Waals surface area contributed by atoms with Crippen molar-refractivity contribution in [2.24, 2.45) is 0 Å². The van der Waals surface area contributed by atoms with Crippen LogP contribution in [-0.4, -0.2) is 68.0 Å². The molecule has 0 spiro atoms. The SMILES string of the molecule is COc1ccc2nc(N(CCCN3CCOCC3)C(=O)CSc3ccc(F)cc3)sc2c1.Cl. The van der Waals surface area contributed by atoms with Crippen molar-refractivity contribution in [2.45, 2.75) is 11.3 Å². The van der Waals surface area contributed by atoms with Crippen LogP contribution < -0.4 is 9.64 Å². The number of anilines is 1. The first-order valence-electron chi connectivity index (χ1n) is 10.6. The van der Waals surface area contributed by atoms with Crippen molar-refractivity contribution in [2.75, 3.05) is 57.2 Å². The fraction of sp³-hybridized carbons (Fsp3) is 0.391. The summed E-state index contributed by atoms with van der Waals surface area (Å²) in [4.78, 5) is 22.9. The van der Waals surface area contributed by atoms with Crippen LogP contribution in [0.5, 0.6) is 5.75 Å². The molecule has 1 saturated heterocycles. The number of hydrogen-bond donors (Lipinski definition) is 0. The lowest BCUT2D eigenvalue weighted by Crippen LogP contribution is -2.39. The number of ether oxygens (including phenoxy) is 2. The Bertz CT molecular complexity index is 1050. The van der Waals surface area contributed by atoms with E-state index in [0.29, 0.717) is 11.7 Å². The molecule has 10 heteroatoms. The van der Waals surface area contributed by atoms with Gasteiger partial charge in [-0.25, -0.2) is 9.37 Å². The third kappa shape index (κ3) is 7.04. The summed E-state index contributed by atoms with van der Waals surface area (Å²) >= 11 is 2.90. The van der Waals surface area contributed by atoms with Gasteiger partial charge in [-0.3, -0.25) is 14.6 Å². The summed E-state index contributed by atoms with van der Waals surface area (Å²) in [6.45, 7) is 4.88. The van der Waals surface area contributed by atoms with Gasteiger partial charge in [0.1, 0.15) is 11.6 Å². The first kappa shape index (κ1) is 25.7.